The van der Waals surface area contributed by atoms with E-state index in [1.165, 1.54) is 67.9 Å². The first kappa shape index (κ1) is 65.3. The summed E-state index contributed by atoms with van der Waals surface area (Å²) in [7, 11) is 0. The van der Waals surface area contributed by atoms with Gasteiger partial charge in [0.1, 0.15) is 30.5 Å². The number of aliphatic hydroxyl groups excluding tert-OH is 4. The van der Waals surface area contributed by atoms with Crippen molar-refractivity contribution in [2.24, 2.45) is 0 Å². The summed E-state index contributed by atoms with van der Waals surface area (Å²) in [6.07, 6.45) is 2.61. The summed E-state index contributed by atoms with van der Waals surface area (Å²) in [5.41, 5.74) is 8.55. The van der Waals surface area contributed by atoms with E-state index in [-0.39, 0.29) is 6.10 Å². The summed E-state index contributed by atoms with van der Waals surface area (Å²) < 4.78 is 46.6. The molecule has 0 amide bonds. The summed E-state index contributed by atoms with van der Waals surface area (Å²) in [6, 6.07) is 67.1. The third-order valence-corrected chi connectivity index (χ3v) is 32.8. The molecule has 0 aromatic heterocycles. The molecule has 10 atom stereocenters. The van der Waals surface area contributed by atoms with E-state index in [1.54, 1.807) is 15.3 Å². The molecule has 0 saturated carbocycles. The van der Waals surface area contributed by atoms with Gasteiger partial charge >= 0.3 is 343 Å². The van der Waals surface area contributed by atoms with Gasteiger partial charge in [0.15, 0.2) is 0 Å². The molecule has 12 heteroatoms. The van der Waals surface area contributed by atoms with Crippen LogP contribution >= 0.6 is 11.8 Å². The predicted octanol–water partition coefficient (Wildman–Crippen LogP) is 13.7. The van der Waals surface area contributed by atoms with Crippen LogP contribution in [0.4, 0.5) is 0 Å². The maximum atomic E-state index is 10.3. The normalized spacial score (nSPS) is 22.5. The number of hydrogen-bond donors (Lipinski definition) is 4. The molecule has 0 radical (unpaired) electrons. The van der Waals surface area contributed by atoms with Gasteiger partial charge in [-0.15, -0.1) is 11.8 Å². The molecule has 7 aromatic carbocycles. The Kier molecular flexibility index (Phi) is 26.9. The van der Waals surface area contributed by atoms with Crippen LogP contribution in [0.3, 0.4) is 0 Å². The number of aliphatic hydroxyl groups is 4. The number of unbranched alkanes of at least 4 members (excludes halogenated alkanes) is 3. The van der Waals surface area contributed by atoms with Gasteiger partial charge in [-0.1, -0.05) is 48.5 Å². The van der Waals surface area contributed by atoms with E-state index < -0.39 is 79.9 Å². The quantitative estimate of drug-likeness (QED) is 0.0264. The maximum Gasteiger partial charge on any atom is 0.113 e. The fraction of sp³-hybridized carbons (Fsp3) is 0.417. The topological polar surface area (TPSA) is 136 Å². The molecule has 2 aliphatic heterocycles. The summed E-state index contributed by atoms with van der Waals surface area (Å²) in [6.45, 7) is 8.75. The Morgan fingerprint density at radius 2 is 0.905 bits per heavy atom. The smallest absolute Gasteiger partial charge is 0.113 e. The van der Waals surface area contributed by atoms with Crippen molar-refractivity contribution in [3.63, 3.8) is 0 Å². The standard InChI is InChI=1S/C40H39O5.C20H24O5S.3C4H9.Sn/c1-6-16-31(17-7-1)26-41-30-36-38(42-27-32-18-8-2-9-19-32)40(44-29-34-22-12-4-13-23-34)39(43-28-33-20-10-3-11-21-33)37(45-36)35-24-14-5-15-25-35;1-26-15-7-5-12(6-8-15)9-13-3-2-4-14(10-13)20-19(24)18(23)17(22)16(11-21)25-20;3*1-3-4-2;/h1-14,16-25,36-40H,26-30H2;2-8,10,16-24H,9,11H2,1H3;3*1,3-4H2,2H3;/t36-,37+,38-,39+,40+;16-,17-,18+,19-,20+;;;;/m11..../s1. The molecular weight excluding hydrogens is 1180 g/mol. The van der Waals surface area contributed by atoms with Crippen molar-refractivity contribution in [3.8, 4) is 0 Å². The SMILES string of the molecule is CCC[CH2][Sn]([CH2]CCC)([CH2]CCC)[c]1cccc([C@@H]2O[C@H](COCc3ccccc3)[C@@H](OCc3ccccc3)[C@H](OCc3ccccc3)[C@H]2OCc2ccccc2)c1.CSc1ccc(Cc2cccc([C@@H]3O[C@H](CO)[C@@H](O)[C@H](O)[C@H]3O)c2)cc1. The van der Waals surface area contributed by atoms with E-state index in [2.05, 4.69) is 172 Å². The van der Waals surface area contributed by atoms with Crippen molar-refractivity contribution in [3.05, 3.63) is 239 Å². The molecule has 0 spiro atoms. The van der Waals surface area contributed by atoms with Gasteiger partial charge < -0.3 is 25.2 Å². The number of rotatable bonds is 29. The Balaban J connectivity index is 0.000000294. The van der Waals surface area contributed by atoms with Gasteiger partial charge in [-0.25, -0.2) is 0 Å². The molecule has 448 valence electrons. The van der Waals surface area contributed by atoms with Crippen LogP contribution in [-0.2, 0) is 61.3 Å². The first-order valence-electron chi connectivity index (χ1n) is 30.5. The molecule has 84 heavy (non-hydrogen) atoms. The second-order valence-electron chi connectivity index (χ2n) is 22.6. The van der Waals surface area contributed by atoms with E-state index in [0.717, 1.165) is 34.2 Å². The largest absolute Gasteiger partial charge is 0.394 e. The first-order valence-corrected chi connectivity index (χ1v) is 39.2. The zero-order chi connectivity index (χ0) is 58.9. The van der Waals surface area contributed by atoms with Gasteiger partial charge in [-0.2, -0.15) is 0 Å². The summed E-state index contributed by atoms with van der Waals surface area (Å²) >= 11 is -1.11. The molecule has 0 aliphatic carbocycles. The van der Waals surface area contributed by atoms with Crippen molar-refractivity contribution in [2.45, 2.75) is 171 Å². The average molecular weight is 1270 g/mol. The maximum absolute atomic E-state index is 10.3. The molecule has 9 rings (SSSR count). The summed E-state index contributed by atoms with van der Waals surface area (Å²) in [5, 5.41) is 39.5. The van der Waals surface area contributed by atoms with Gasteiger partial charge in [0.2, 0.25) is 0 Å². The molecule has 7 aromatic rings. The third kappa shape index (κ3) is 18.7. The molecule has 0 unspecified atom stereocenters. The van der Waals surface area contributed by atoms with E-state index in [1.807, 2.05) is 48.7 Å². The van der Waals surface area contributed by atoms with Crippen molar-refractivity contribution in [2.75, 3.05) is 19.5 Å². The Labute approximate surface area is 508 Å². The third-order valence-electron chi connectivity index (χ3n) is 16.5. The minimum atomic E-state index is -2.81. The Morgan fingerprint density at radius 3 is 1.42 bits per heavy atom. The second kappa shape index (κ2) is 34.6. The van der Waals surface area contributed by atoms with Crippen LogP contribution in [-0.4, -0.2) is 107 Å². The van der Waals surface area contributed by atoms with E-state index in [4.69, 9.17) is 28.4 Å². The van der Waals surface area contributed by atoms with Crippen LogP contribution in [0.5, 0.6) is 0 Å². The van der Waals surface area contributed by atoms with Crippen LogP contribution in [0.2, 0.25) is 13.3 Å². The van der Waals surface area contributed by atoms with Crippen molar-refractivity contribution in [1.82, 2.24) is 0 Å². The van der Waals surface area contributed by atoms with Crippen molar-refractivity contribution < 1.29 is 48.8 Å². The Morgan fingerprint density at radius 1 is 0.440 bits per heavy atom. The summed E-state index contributed by atoms with van der Waals surface area (Å²) in [4.78, 5) is 1.21. The number of hydrogen-bond acceptors (Lipinski definition) is 11. The number of ether oxygens (including phenoxy) is 6. The van der Waals surface area contributed by atoms with E-state index in [0.29, 0.717) is 38.6 Å². The number of benzene rings is 7. The van der Waals surface area contributed by atoms with Gasteiger partial charge in [0, 0.05) is 4.90 Å². The molecule has 0 bridgehead atoms. The van der Waals surface area contributed by atoms with Gasteiger partial charge in [0.25, 0.3) is 0 Å². The van der Waals surface area contributed by atoms with Crippen molar-refractivity contribution in [1.29, 1.82) is 0 Å². The molecule has 2 aliphatic rings. The minimum absolute atomic E-state index is 0.355. The van der Waals surface area contributed by atoms with E-state index >= 15 is 0 Å². The zero-order valence-electron chi connectivity index (χ0n) is 49.7. The molecule has 4 N–H and O–H groups in total. The Hall–Kier alpha value is -4.71. The van der Waals surface area contributed by atoms with Gasteiger partial charge in [-0.3, -0.25) is 0 Å². The molecule has 10 nitrogen and oxygen atoms in total. The molecule has 2 fully saturated rings. The van der Waals surface area contributed by atoms with Crippen molar-refractivity contribution >= 4 is 33.7 Å². The molecular formula is C72H90O10SSn. The fourth-order valence-electron chi connectivity index (χ4n) is 11.7. The minimum Gasteiger partial charge on any atom is -0.394 e. The monoisotopic (exact) mass is 1270 g/mol. The van der Waals surface area contributed by atoms with Crippen LogP contribution in [0.1, 0.15) is 116 Å². The summed E-state index contributed by atoms with van der Waals surface area (Å²) in [5.74, 6) is 0. The van der Waals surface area contributed by atoms with Crippen LogP contribution in [0, 0.1) is 0 Å². The van der Waals surface area contributed by atoms with Gasteiger partial charge in [0.05, 0.1) is 6.61 Å². The fourth-order valence-corrected chi connectivity index (χ4v) is 28.2. The average Bonchev–Trinajstić information content (AvgIpc) is 2.42. The second-order valence-corrected chi connectivity index (χ2v) is 36.7. The van der Waals surface area contributed by atoms with Crippen LogP contribution < -0.4 is 3.58 Å². The first-order chi connectivity index (χ1) is 41.1. The van der Waals surface area contributed by atoms with Crippen LogP contribution in [0.15, 0.2) is 199 Å². The molecule has 2 saturated heterocycles. The number of thioether (sulfide) groups is 1. The zero-order valence-corrected chi connectivity index (χ0v) is 53.4. The van der Waals surface area contributed by atoms with Crippen LogP contribution in [0.25, 0.3) is 0 Å². The Bertz CT molecular complexity index is 2900. The van der Waals surface area contributed by atoms with E-state index in [9.17, 15) is 20.4 Å². The van der Waals surface area contributed by atoms with Gasteiger partial charge in [-0.05, 0) is 41.5 Å². The predicted molar refractivity (Wildman–Crippen MR) is 340 cm³/mol. The molecule has 2 heterocycles.